The van der Waals surface area contributed by atoms with Crippen LogP contribution in [0.5, 0.6) is 0 Å². The fourth-order valence-electron chi connectivity index (χ4n) is 3.11. The minimum absolute atomic E-state index is 0.246. The normalized spacial score (nSPS) is 11.4. The van der Waals surface area contributed by atoms with Gasteiger partial charge < -0.3 is 19.7 Å². The predicted octanol–water partition coefficient (Wildman–Crippen LogP) is 6.80. The number of quaternary nitrogens is 1. The number of phosphoric ester groups is 1. The molecule has 0 aromatic rings. The molecule has 0 spiro atoms. The summed E-state index contributed by atoms with van der Waals surface area (Å²) >= 11 is 0. The summed E-state index contributed by atoms with van der Waals surface area (Å²) in [5.41, 5.74) is 3.85. The molecular weight excluding hydrogens is 397 g/mol. The standard InChI is InChI=1S/C12H27N.C12H27O4P/c1-2-3-4-5-6-7-8-9-10-11-12-13;1-3-5-7-9-11-15-17(13,14)16-12-10-8-6-4-2/h2-13H2,1H3;3-12H2,1-2H3,(H,13,14). The van der Waals surface area contributed by atoms with Gasteiger partial charge in [0.25, 0.3) is 7.82 Å². The summed E-state index contributed by atoms with van der Waals surface area (Å²) in [7, 11) is -4.04. The van der Waals surface area contributed by atoms with Crippen molar-refractivity contribution in [1.29, 1.82) is 0 Å². The topological polar surface area (TPSA) is 86.2 Å². The van der Waals surface area contributed by atoms with Gasteiger partial charge in [0, 0.05) is 0 Å². The van der Waals surface area contributed by atoms with Gasteiger partial charge in [-0.3, -0.25) is 4.57 Å². The SMILES string of the molecule is CCCCCCCCCCCC[NH3+].CCCCCCOP(=O)([O-])OCCCCCC. The highest BCUT2D eigenvalue weighted by molar-refractivity contribution is 7.45. The minimum atomic E-state index is -4.04. The summed E-state index contributed by atoms with van der Waals surface area (Å²) in [4.78, 5) is 11.3. The van der Waals surface area contributed by atoms with Crippen LogP contribution in [0.1, 0.15) is 136 Å². The van der Waals surface area contributed by atoms with E-state index < -0.39 is 7.82 Å². The van der Waals surface area contributed by atoms with Crippen LogP contribution in [-0.2, 0) is 13.6 Å². The first-order valence-electron chi connectivity index (χ1n) is 12.9. The van der Waals surface area contributed by atoms with E-state index in [2.05, 4.69) is 26.5 Å². The minimum Gasteiger partial charge on any atom is -0.756 e. The number of unbranched alkanes of at least 4 members (excludes halogenated alkanes) is 15. The van der Waals surface area contributed by atoms with E-state index in [4.69, 9.17) is 9.05 Å². The van der Waals surface area contributed by atoms with Crippen LogP contribution in [-0.4, -0.2) is 19.8 Å². The Bertz CT molecular complexity index is 328. The van der Waals surface area contributed by atoms with Crippen molar-refractivity contribution in [1.82, 2.24) is 0 Å². The van der Waals surface area contributed by atoms with Crippen LogP contribution < -0.4 is 10.6 Å². The lowest BCUT2D eigenvalue weighted by atomic mass is 10.1. The Hall–Kier alpha value is 0.0700. The molecule has 0 aromatic carbocycles. The smallest absolute Gasteiger partial charge is 0.267 e. The molecule has 0 radical (unpaired) electrons. The Kier molecular flexibility index (Phi) is 29.1. The Morgan fingerprint density at radius 3 is 1.20 bits per heavy atom. The van der Waals surface area contributed by atoms with E-state index >= 15 is 0 Å². The molecule has 0 saturated carbocycles. The molecular formula is C24H54NO4P. The van der Waals surface area contributed by atoms with Crippen LogP contribution in [0, 0.1) is 0 Å². The zero-order valence-corrected chi connectivity index (χ0v) is 21.5. The highest BCUT2D eigenvalue weighted by Crippen LogP contribution is 2.38. The molecule has 0 unspecified atom stereocenters. The molecule has 0 heterocycles. The molecule has 0 amide bonds. The Balaban J connectivity index is 0. The lowest BCUT2D eigenvalue weighted by Crippen LogP contribution is -2.50. The molecule has 184 valence electrons. The molecule has 0 aliphatic heterocycles. The van der Waals surface area contributed by atoms with E-state index in [0.717, 1.165) is 57.9 Å². The molecule has 0 fully saturated rings. The number of hydrogen-bond acceptors (Lipinski definition) is 4. The molecule has 0 atom stereocenters. The summed E-state index contributed by atoms with van der Waals surface area (Å²) in [6, 6.07) is 0. The Morgan fingerprint density at radius 1 is 0.567 bits per heavy atom. The highest BCUT2D eigenvalue weighted by atomic mass is 31.2. The fourth-order valence-corrected chi connectivity index (χ4v) is 3.89. The summed E-state index contributed by atoms with van der Waals surface area (Å²) in [6.07, 6.45) is 22.3. The summed E-state index contributed by atoms with van der Waals surface area (Å²) in [6.45, 7) is 8.11. The summed E-state index contributed by atoms with van der Waals surface area (Å²) in [5, 5.41) is 0. The lowest BCUT2D eigenvalue weighted by molar-refractivity contribution is -0.368. The van der Waals surface area contributed by atoms with E-state index in [-0.39, 0.29) is 13.2 Å². The van der Waals surface area contributed by atoms with Crippen molar-refractivity contribution in [2.24, 2.45) is 0 Å². The lowest BCUT2D eigenvalue weighted by Gasteiger charge is -2.22. The van der Waals surface area contributed by atoms with Crippen LogP contribution in [0.15, 0.2) is 0 Å². The zero-order chi connectivity index (χ0) is 22.8. The maximum atomic E-state index is 11.3. The van der Waals surface area contributed by atoms with Gasteiger partial charge in [0.1, 0.15) is 0 Å². The number of phosphoric acid groups is 1. The van der Waals surface area contributed by atoms with E-state index in [1.54, 1.807) is 0 Å². The quantitative estimate of drug-likeness (QED) is 0.145. The van der Waals surface area contributed by atoms with Gasteiger partial charge in [0.15, 0.2) is 0 Å². The summed E-state index contributed by atoms with van der Waals surface area (Å²) < 4.78 is 20.8. The number of hydrogen-bond donors (Lipinski definition) is 1. The average Bonchev–Trinajstić information content (AvgIpc) is 2.73. The molecule has 0 aliphatic rings. The van der Waals surface area contributed by atoms with Gasteiger partial charge in [-0.15, -0.1) is 0 Å². The maximum Gasteiger partial charge on any atom is 0.267 e. The Labute approximate surface area is 188 Å². The van der Waals surface area contributed by atoms with Crippen molar-refractivity contribution in [2.45, 2.75) is 136 Å². The molecule has 0 saturated heterocycles. The summed E-state index contributed by atoms with van der Waals surface area (Å²) in [5.74, 6) is 0. The molecule has 0 aliphatic carbocycles. The first-order chi connectivity index (χ1) is 14.5. The molecule has 30 heavy (non-hydrogen) atoms. The third kappa shape index (κ3) is 30.3. The van der Waals surface area contributed by atoms with Gasteiger partial charge in [-0.1, -0.05) is 111 Å². The first-order valence-corrected chi connectivity index (χ1v) is 14.4. The van der Waals surface area contributed by atoms with Gasteiger partial charge in [0.05, 0.1) is 19.8 Å². The van der Waals surface area contributed by atoms with Crippen LogP contribution in [0.3, 0.4) is 0 Å². The third-order valence-corrected chi connectivity index (χ3v) is 6.10. The fraction of sp³-hybridized carbons (Fsp3) is 1.00. The molecule has 5 nitrogen and oxygen atoms in total. The van der Waals surface area contributed by atoms with Crippen molar-refractivity contribution < 1.29 is 24.2 Å². The van der Waals surface area contributed by atoms with Crippen molar-refractivity contribution in [2.75, 3.05) is 19.8 Å². The van der Waals surface area contributed by atoms with Gasteiger partial charge >= 0.3 is 0 Å². The van der Waals surface area contributed by atoms with E-state index in [1.165, 1.54) is 64.2 Å². The second-order valence-electron chi connectivity index (χ2n) is 8.27. The average molecular weight is 452 g/mol. The second-order valence-corrected chi connectivity index (χ2v) is 9.68. The van der Waals surface area contributed by atoms with Crippen molar-refractivity contribution in [3.05, 3.63) is 0 Å². The molecule has 0 bridgehead atoms. The van der Waals surface area contributed by atoms with Gasteiger partial charge in [-0.2, -0.15) is 0 Å². The molecule has 3 N–H and O–H groups in total. The first kappa shape index (κ1) is 32.3. The largest absolute Gasteiger partial charge is 0.756 e. The third-order valence-electron chi connectivity index (χ3n) is 5.10. The zero-order valence-electron chi connectivity index (χ0n) is 20.6. The molecule has 0 aromatic heterocycles. The van der Waals surface area contributed by atoms with Crippen molar-refractivity contribution >= 4 is 7.82 Å². The van der Waals surface area contributed by atoms with Crippen LogP contribution in [0.4, 0.5) is 0 Å². The predicted molar refractivity (Wildman–Crippen MR) is 127 cm³/mol. The van der Waals surface area contributed by atoms with Crippen LogP contribution >= 0.6 is 7.82 Å². The van der Waals surface area contributed by atoms with Gasteiger partial charge in [-0.25, -0.2) is 0 Å². The van der Waals surface area contributed by atoms with E-state index in [1.807, 2.05) is 0 Å². The van der Waals surface area contributed by atoms with E-state index in [9.17, 15) is 9.46 Å². The van der Waals surface area contributed by atoms with Crippen molar-refractivity contribution in [3.63, 3.8) is 0 Å². The van der Waals surface area contributed by atoms with Crippen LogP contribution in [0.25, 0.3) is 0 Å². The second kappa shape index (κ2) is 27.1. The Morgan fingerprint density at radius 2 is 0.867 bits per heavy atom. The van der Waals surface area contributed by atoms with E-state index in [0.29, 0.717) is 0 Å². The number of rotatable bonds is 22. The van der Waals surface area contributed by atoms with Gasteiger partial charge in [-0.05, 0) is 25.7 Å². The van der Waals surface area contributed by atoms with Crippen molar-refractivity contribution in [3.8, 4) is 0 Å². The molecule has 6 heteroatoms. The highest BCUT2D eigenvalue weighted by Gasteiger charge is 2.08. The van der Waals surface area contributed by atoms with Crippen LogP contribution in [0.2, 0.25) is 0 Å². The maximum absolute atomic E-state index is 11.3. The van der Waals surface area contributed by atoms with Gasteiger partial charge in [0.2, 0.25) is 0 Å². The monoisotopic (exact) mass is 451 g/mol. The molecule has 0 rings (SSSR count).